The Hall–Kier alpha value is -0.350. The van der Waals surface area contributed by atoms with Gasteiger partial charge in [0.15, 0.2) is 0 Å². The molecule has 0 aliphatic heterocycles. The van der Waals surface area contributed by atoms with Gasteiger partial charge in [-0.05, 0) is 75.9 Å². The second-order valence-corrected chi connectivity index (χ2v) is 7.23. The molecule has 0 aromatic carbocycles. The van der Waals surface area contributed by atoms with Gasteiger partial charge in [-0.3, -0.25) is 4.68 Å². The number of nitrogens with one attached hydrogen (secondary N) is 1. The van der Waals surface area contributed by atoms with Gasteiger partial charge in [0.2, 0.25) is 0 Å². The molecule has 3 nitrogen and oxygen atoms in total. The summed E-state index contributed by atoms with van der Waals surface area (Å²) in [5, 5.41) is 8.11. The number of aryl methyl sites for hydroxylation is 2. The van der Waals surface area contributed by atoms with Crippen LogP contribution >= 0.6 is 15.9 Å². The van der Waals surface area contributed by atoms with Gasteiger partial charge in [0.1, 0.15) is 0 Å². The molecule has 0 fully saturated rings. The molecule has 0 spiro atoms. The standard InChI is InChI=1S/C15H28BrN3/c1-7-19-13(14(16)12(3)18-19)10-11(2)8-9-17-15(4,5)6/h11,17H,7-10H2,1-6H3. The predicted molar refractivity (Wildman–Crippen MR) is 85.6 cm³/mol. The van der Waals surface area contributed by atoms with Crippen molar-refractivity contribution in [3.63, 3.8) is 0 Å². The van der Waals surface area contributed by atoms with Crippen LogP contribution in [0.3, 0.4) is 0 Å². The van der Waals surface area contributed by atoms with Crippen LogP contribution in [0.1, 0.15) is 52.4 Å². The Balaban J connectivity index is 2.55. The molecule has 1 aromatic heterocycles. The fourth-order valence-corrected chi connectivity index (χ4v) is 2.64. The Labute approximate surface area is 126 Å². The summed E-state index contributed by atoms with van der Waals surface area (Å²) in [5.74, 6) is 0.660. The van der Waals surface area contributed by atoms with E-state index in [-0.39, 0.29) is 5.54 Å². The molecule has 0 saturated heterocycles. The Morgan fingerprint density at radius 3 is 2.53 bits per heavy atom. The van der Waals surface area contributed by atoms with Crippen LogP contribution in [0.2, 0.25) is 0 Å². The molecule has 4 heteroatoms. The van der Waals surface area contributed by atoms with Crippen molar-refractivity contribution in [2.75, 3.05) is 6.54 Å². The molecular weight excluding hydrogens is 302 g/mol. The lowest BCUT2D eigenvalue weighted by Crippen LogP contribution is -2.37. The molecule has 1 aromatic rings. The third kappa shape index (κ3) is 5.27. The summed E-state index contributed by atoms with van der Waals surface area (Å²) < 4.78 is 3.30. The molecule has 0 radical (unpaired) electrons. The quantitative estimate of drug-likeness (QED) is 0.856. The summed E-state index contributed by atoms with van der Waals surface area (Å²) in [4.78, 5) is 0. The highest BCUT2D eigenvalue weighted by molar-refractivity contribution is 9.10. The molecule has 1 rings (SSSR count). The maximum atomic E-state index is 4.56. The van der Waals surface area contributed by atoms with Crippen molar-refractivity contribution in [2.24, 2.45) is 5.92 Å². The lowest BCUT2D eigenvalue weighted by Gasteiger charge is -2.22. The van der Waals surface area contributed by atoms with Crippen molar-refractivity contribution < 1.29 is 0 Å². The third-order valence-corrected chi connectivity index (χ3v) is 4.32. The zero-order chi connectivity index (χ0) is 14.6. The summed E-state index contributed by atoms with van der Waals surface area (Å²) in [5.41, 5.74) is 2.64. The van der Waals surface area contributed by atoms with E-state index in [9.17, 15) is 0 Å². The summed E-state index contributed by atoms with van der Waals surface area (Å²) in [6.07, 6.45) is 2.28. The highest BCUT2D eigenvalue weighted by atomic mass is 79.9. The van der Waals surface area contributed by atoms with Crippen LogP contribution in [0.15, 0.2) is 4.47 Å². The molecule has 0 saturated carbocycles. The van der Waals surface area contributed by atoms with E-state index in [0.29, 0.717) is 5.92 Å². The van der Waals surface area contributed by atoms with E-state index in [1.807, 2.05) is 0 Å². The van der Waals surface area contributed by atoms with Crippen LogP contribution in [0.4, 0.5) is 0 Å². The van der Waals surface area contributed by atoms with Gasteiger partial charge in [0.05, 0.1) is 15.9 Å². The van der Waals surface area contributed by atoms with Crippen molar-refractivity contribution in [1.29, 1.82) is 0 Å². The largest absolute Gasteiger partial charge is 0.312 e. The van der Waals surface area contributed by atoms with Crippen molar-refractivity contribution >= 4 is 15.9 Å². The first kappa shape index (κ1) is 16.7. The van der Waals surface area contributed by atoms with Crippen molar-refractivity contribution in [2.45, 2.75) is 66.5 Å². The van der Waals surface area contributed by atoms with Crippen molar-refractivity contribution in [1.82, 2.24) is 15.1 Å². The minimum atomic E-state index is 0.210. The van der Waals surface area contributed by atoms with Gasteiger partial charge in [0, 0.05) is 12.1 Å². The monoisotopic (exact) mass is 329 g/mol. The van der Waals surface area contributed by atoms with Gasteiger partial charge in [-0.2, -0.15) is 5.10 Å². The molecule has 1 N–H and O–H groups in total. The molecule has 0 amide bonds. The van der Waals surface area contributed by atoms with E-state index in [4.69, 9.17) is 0 Å². The average Bonchev–Trinajstić information content (AvgIpc) is 2.55. The fraction of sp³-hybridized carbons (Fsp3) is 0.800. The van der Waals surface area contributed by atoms with E-state index in [1.165, 1.54) is 16.6 Å². The zero-order valence-electron chi connectivity index (χ0n) is 13.2. The maximum absolute atomic E-state index is 4.56. The summed E-state index contributed by atoms with van der Waals surface area (Å²) in [7, 11) is 0. The first-order valence-corrected chi connectivity index (χ1v) is 8.00. The molecule has 0 bridgehead atoms. The molecule has 110 valence electrons. The lowest BCUT2D eigenvalue weighted by atomic mass is 10.0. The Morgan fingerprint density at radius 2 is 2.00 bits per heavy atom. The molecule has 0 aliphatic carbocycles. The van der Waals surface area contributed by atoms with Crippen LogP contribution in [0.25, 0.3) is 0 Å². The van der Waals surface area contributed by atoms with Gasteiger partial charge in [0.25, 0.3) is 0 Å². The number of aromatic nitrogens is 2. The van der Waals surface area contributed by atoms with Gasteiger partial charge >= 0.3 is 0 Å². The van der Waals surface area contributed by atoms with E-state index in [1.54, 1.807) is 0 Å². The van der Waals surface area contributed by atoms with Crippen molar-refractivity contribution in [3.8, 4) is 0 Å². The van der Waals surface area contributed by atoms with E-state index < -0.39 is 0 Å². The topological polar surface area (TPSA) is 29.9 Å². The number of halogens is 1. The first-order chi connectivity index (χ1) is 8.74. The predicted octanol–water partition coefficient (Wildman–Crippen LogP) is 3.93. The number of hydrogen-bond donors (Lipinski definition) is 1. The summed E-state index contributed by atoms with van der Waals surface area (Å²) >= 11 is 3.67. The summed E-state index contributed by atoms with van der Waals surface area (Å²) in [6, 6.07) is 0. The van der Waals surface area contributed by atoms with Crippen molar-refractivity contribution in [3.05, 3.63) is 15.9 Å². The third-order valence-electron chi connectivity index (χ3n) is 3.29. The van der Waals surface area contributed by atoms with E-state index in [0.717, 1.165) is 25.2 Å². The molecule has 1 heterocycles. The molecule has 0 aliphatic rings. The van der Waals surface area contributed by atoms with Crippen LogP contribution in [0, 0.1) is 12.8 Å². The van der Waals surface area contributed by atoms with Gasteiger partial charge < -0.3 is 5.32 Å². The number of nitrogens with zero attached hydrogens (tertiary/aromatic N) is 2. The van der Waals surface area contributed by atoms with Crippen LogP contribution in [-0.2, 0) is 13.0 Å². The number of rotatable bonds is 6. The van der Waals surface area contributed by atoms with Crippen LogP contribution < -0.4 is 5.32 Å². The Kier molecular flexibility index (Phi) is 6.06. The fourth-order valence-electron chi connectivity index (χ4n) is 2.19. The second kappa shape index (κ2) is 6.89. The normalized spacial score (nSPS) is 13.8. The molecule has 19 heavy (non-hydrogen) atoms. The summed E-state index contributed by atoms with van der Waals surface area (Å²) in [6.45, 7) is 15.2. The highest BCUT2D eigenvalue weighted by Crippen LogP contribution is 2.24. The Morgan fingerprint density at radius 1 is 1.37 bits per heavy atom. The highest BCUT2D eigenvalue weighted by Gasteiger charge is 2.15. The first-order valence-electron chi connectivity index (χ1n) is 7.21. The molecular formula is C15H28BrN3. The maximum Gasteiger partial charge on any atom is 0.0738 e. The van der Waals surface area contributed by atoms with E-state index >= 15 is 0 Å². The van der Waals surface area contributed by atoms with Gasteiger partial charge in [-0.1, -0.05) is 6.92 Å². The van der Waals surface area contributed by atoms with E-state index in [2.05, 4.69) is 72.6 Å². The minimum Gasteiger partial charge on any atom is -0.312 e. The smallest absolute Gasteiger partial charge is 0.0738 e. The van der Waals surface area contributed by atoms with Crippen LogP contribution in [0.5, 0.6) is 0 Å². The Bertz CT molecular complexity index is 404. The van der Waals surface area contributed by atoms with Gasteiger partial charge in [-0.25, -0.2) is 0 Å². The van der Waals surface area contributed by atoms with Crippen LogP contribution in [-0.4, -0.2) is 21.9 Å². The second-order valence-electron chi connectivity index (χ2n) is 6.44. The average molecular weight is 330 g/mol. The SMILES string of the molecule is CCn1nc(C)c(Br)c1CC(C)CCNC(C)(C)C. The van der Waals surface area contributed by atoms with Gasteiger partial charge in [-0.15, -0.1) is 0 Å². The molecule has 1 unspecified atom stereocenters. The lowest BCUT2D eigenvalue weighted by molar-refractivity contribution is 0.390. The zero-order valence-corrected chi connectivity index (χ0v) is 14.8. The molecule has 1 atom stereocenters. The minimum absolute atomic E-state index is 0.210. The number of hydrogen-bond acceptors (Lipinski definition) is 2.